The van der Waals surface area contributed by atoms with Crippen LogP contribution >= 0.6 is 0 Å². The third kappa shape index (κ3) is 7.68. The Morgan fingerprint density at radius 1 is 0.629 bits per heavy atom. The molecule has 1 aliphatic carbocycles. The van der Waals surface area contributed by atoms with Crippen molar-refractivity contribution in [2.75, 3.05) is 4.90 Å². The predicted octanol–water partition coefficient (Wildman–Crippen LogP) is 15.4. The number of nitrogens with zero attached hydrogens (tertiary/aromatic N) is 3. The molecule has 1 N–H and O–H groups in total. The molecule has 0 bridgehead atoms. The summed E-state index contributed by atoms with van der Waals surface area (Å²) in [5, 5.41) is 8.82. The summed E-state index contributed by atoms with van der Waals surface area (Å²) in [6.45, 7) is 10.6. The minimum atomic E-state index is 0.762. The first-order valence-electron chi connectivity index (χ1n) is 21.8. The van der Waals surface area contributed by atoms with Crippen LogP contribution in [0.3, 0.4) is 0 Å². The topological polar surface area (TPSA) is 25.1 Å². The molecule has 2 heterocycles. The zero-order chi connectivity index (χ0) is 42.4. The summed E-state index contributed by atoms with van der Waals surface area (Å²) in [7, 11) is 0. The van der Waals surface area contributed by atoms with Crippen molar-refractivity contribution < 1.29 is 0 Å². The van der Waals surface area contributed by atoms with Crippen LogP contribution in [-0.4, -0.2) is 9.13 Å². The van der Waals surface area contributed by atoms with E-state index in [-0.39, 0.29) is 0 Å². The summed E-state index contributed by atoms with van der Waals surface area (Å²) in [5.74, 6) is 0. The number of para-hydroxylation sites is 4. The molecule has 0 unspecified atom stereocenters. The molecular formula is C58H52N4. The highest BCUT2D eigenvalue weighted by Gasteiger charge is 2.18. The summed E-state index contributed by atoms with van der Waals surface area (Å²) < 4.78 is 4.82. The van der Waals surface area contributed by atoms with Gasteiger partial charge in [0.05, 0.1) is 22.1 Å². The van der Waals surface area contributed by atoms with E-state index >= 15 is 0 Å². The SMILES string of the molecule is C=C/C=C\C(NC1=CCC=C(N(/C(=C/C=C(\CC)n2c3ccccc3c3ccccc32)CC)c2ccc(-n3c4ccccc4c4ccccc43)cc2)C=C1)=C(/C)c1ccccc1. The van der Waals surface area contributed by atoms with Crippen molar-refractivity contribution in [1.82, 2.24) is 14.5 Å². The van der Waals surface area contributed by atoms with Crippen molar-refractivity contribution in [3.8, 4) is 5.69 Å². The number of anilines is 1. The normalized spacial score (nSPS) is 14.0. The monoisotopic (exact) mass is 804 g/mol. The largest absolute Gasteiger partial charge is 0.356 e. The lowest BCUT2D eigenvalue weighted by Crippen LogP contribution is -2.21. The van der Waals surface area contributed by atoms with E-state index < -0.39 is 0 Å². The highest BCUT2D eigenvalue weighted by atomic mass is 15.2. The molecule has 62 heavy (non-hydrogen) atoms. The first kappa shape index (κ1) is 39.9. The number of aromatic nitrogens is 2. The van der Waals surface area contributed by atoms with Crippen molar-refractivity contribution in [2.45, 2.75) is 40.0 Å². The molecule has 4 heteroatoms. The first-order chi connectivity index (χ1) is 30.6. The van der Waals surface area contributed by atoms with Crippen molar-refractivity contribution in [2.24, 2.45) is 0 Å². The molecule has 0 saturated carbocycles. The van der Waals surface area contributed by atoms with E-state index in [0.29, 0.717) is 0 Å². The lowest BCUT2D eigenvalue weighted by atomic mass is 10.0. The van der Waals surface area contributed by atoms with E-state index in [1.807, 2.05) is 12.2 Å². The van der Waals surface area contributed by atoms with Crippen LogP contribution in [0.25, 0.3) is 60.6 Å². The molecule has 304 valence electrons. The van der Waals surface area contributed by atoms with Gasteiger partial charge in [0, 0.05) is 61.4 Å². The minimum Gasteiger partial charge on any atom is -0.356 e. The number of allylic oxidation sites excluding steroid dienone is 12. The van der Waals surface area contributed by atoms with Gasteiger partial charge in [-0.3, -0.25) is 0 Å². The number of rotatable bonds is 13. The zero-order valence-electron chi connectivity index (χ0n) is 35.8. The molecule has 0 spiro atoms. The van der Waals surface area contributed by atoms with Crippen molar-refractivity contribution >= 4 is 60.6 Å². The molecule has 0 atom stereocenters. The third-order valence-electron chi connectivity index (χ3n) is 11.9. The highest BCUT2D eigenvalue weighted by molar-refractivity contribution is 6.10. The van der Waals surface area contributed by atoms with Crippen LogP contribution < -0.4 is 10.2 Å². The number of hydrogen-bond donors (Lipinski definition) is 1. The van der Waals surface area contributed by atoms with E-state index in [1.165, 1.54) is 66.1 Å². The Labute approximate surface area is 365 Å². The fraction of sp³-hybridized carbons (Fsp3) is 0.103. The molecular weight excluding hydrogens is 753 g/mol. The van der Waals surface area contributed by atoms with E-state index in [1.54, 1.807) is 0 Å². The van der Waals surface area contributed by atoms with Crippen LogP contribution in [0.4, 0.5) is 5.69 Å². The smallest absolute Gasteiger partial charge is 0.0541 e. The molecule has 1 aliphatic rings. The second-order valence-corrected chi connectivity index (χ2v) is 15.6. The molecule has 8 aromatic rings. The fourth-order valence-electron chi connectivity index (χ4n) is 8.86. The predicted molar refractivity (Wildman–Crippen MR) is 267 cm³/mol. The Balaban J connectivity index is 1.13. The van der Waals surface area contributed by atoms with Crippen molar-refractivity contribution in [3.63, 3.8) is 0 Å². The van der Waals surface area contributed by atoms with E-state index in [2.05, 4.69) is 241 Å². The standard InChI is InChI=1S/C58H52N4/c1-5-8-29-54(42(4)43-21-10-9-11-22-43)59-44-23-20-24-47(35-34-44)60(48-38-40-49(41-39-48)62-57-32-18-14-27-52(57)53-28-15-19-33-58(53)62)45(6-2)36-37-46(7-3)61-55-30-16-12-25-50(55)51-26-13-17-31-56(51)61/h5,8-19,21-41,59H,1,6-7,20H2,2-4H3/b29-8-,45-36+,46-37+,54-42-. The van der Waals surface area contributed by atoms with Gasteiger partial charge in [-0.2, -0.15) is 0 Å². The van der Waals surface area contributed by atoms with E-state index in [9.17, 15) is 0 Å². The van der Waals surface area contributed by atoms with Crippen LogP contribution in [0, 0.1) is 0 Å². The summed E-state index contributed by atoms with van der Waals surface area (Å²) in [4.78, 5) is 2.43. The van der Waals surface area contributed by atoms with Gasteiger partial charge in [-0.1, -0.05) is 148 Å². The van der Waals surface area contributed by atoms with Gasteiger partial charge in [-0.15, -0.1) is 0 Å². The summed E-state index contributed by atoms with van der Waals surface area (Å²) >= 11 is 0. The van der Waals surface area contributed by atoms with Crippen LogP contribution in [-0.2, 0) is 0 Å². The van der Waals surface area contributed by atoms with Crippen LogP contribution in [0.2, 0.25) is 0 Å². The Morgan fingerprint density at radius 3 is 1.77 bits per heavy atom. The Kier molecular flexibility index (Phi) is 11.6. The number of nitrogens with one attached hydrogen (secondary N) is 1. The molecule has 2 aromatic heterocycles. The number of benzene rings is 6. The van der Waals surface area contributed by atoms with Gasteiger partial charge in [-0.05, 0) is 116 Å². The van der Waals surface area contributed by atoms with E-state index in [0.717, 1.165) is 47.7 Å². The maximum atomic E-state index is 3.94. The van der Waals surface area contributed by atoms with Gasteiger partial charge in [-0.25, -0.2) is 0 Å². The quantitative estimate of drug-likeness (QED) is 0.117. The summed E-state index contributed by atoms with van der Waals surface area (Å²) in [5.41, 5.74) is 15.1. The zero-order valence-corrected chi connectivity index (χ0v) is 35.8. The highest BCUT2D eigenvalue weighted by Crippen LogP contribution is 2.36. The van der Waals surface area contributed by atoms with Gasteiger partial charge >= 0.3 is 0 Å². The Bertz CT molecular complexity index is 3050. The van der Waals surface area contributed by atoms with Gasteiger partial charge in [0.15, 0.2) is 0 Å². The van der Waals surface area contributed by atoms with E-state index in [4.69, 9.17) is 0 Å². The van der Waals surface area contributed by atoms with Crippen LogP contribution in [0.1, 0.15) is 45.6 Å². The van der Waals surface area contributed by atoms with Gasteiger partial charge in [0.25, 0.3) is 0 Å². The molecule has 9 rings (SSSR count). The maximum Gasteiger partial charge on any atom is 0.0541 e. The number of fused-ring (bicyclic) bond motifs is 6. The maximum absolute atomic E-state index is 3.94. The molecule has 4 nitrogen and oxygen atoms in total. The van der Waals surface area contributed by atoms with Crippen molar-refractivity contribution in [3.05, 3.63) is 241 Å². The molecule has 0 saturated heterocycles. The molecule has 0 fully saturated rings. The minimum absolute atomic E-state index is 0.762. The number of hydrogen-bond acceptors (Lipinski definition) is 2. The van der Waals surface area contributed by atoms with Crippen molar-refractivity contribution in [1.29, 1.82) is 0 Å². The second kappa shape index (κ2) is 18.0. The third-order valence-corrected chi connectivity index (χ3v) is 11.9. The lowest BCUT2D eigenvalue weighted by molar-refractivity contribution is 0.977. The summed E-state index contributed by atoms with van der Waals surface area (Å²) in [6, 6.07) is 54.5. The molecule has 6 aromatic carbocycles. The molecule has 0 aliphatic heterocycles. The average Bonchev–Trinajstić information content (AvgIpc) is 3.73. The fourth-order valence-corrected chi connectivity index (χ4v) is 8.86. The second-order valence-electron chi connectivity index (χ2n) is 15.6. The van der Waals surface area contributed by atoms with Gasteiger partial charge in [0.1, 0.15) is 0 Å². The molecule has 0 amide bonds. The van der Waals surface area contributed by atoms with Gasteiger partial charge < -0.3 is 19.4 Å². The molecule has 0 radical (unpaired) electrons. The lowest BCUT2D eigenvalue weighted by Gasteiger charge is -2.29. The first-order valence-corrected chi connectivity index (χ1v) is 21.8. The Morgan fingerprint density at radius 2 is 1.19 bits per heavy atom. The van der Waals surface area contributed by atoms with Gasteiger partial charge in [0.2, 0.25) is 0 Å². The Hall–Kier alpha value is -7.56. The van der Waals surface area contributed by atoms with Crippen LogP contribution in [0.15, 0.2) is 236 Å². The van der Waals surface area contributed by atoms with Crippen LogP contribution in [0.5, 0.6) is 0 Å². The average molecular weight is 805 g/mol. The summed E-state index contributed by atoms with van der Waals surface area (Å²) in [6.07, 6.45) is 22.1.